The SMILES string of the molecule is CN(C)Cc1cccc(OCCOc2nc3c(c(=O)n(CCO)c(=O)n3C)n2Cc2ccc(Cl)cc2)c1.Cl. The van der Waals surface area contributed by atoms with Crippen LogP contribution in [0.1, 0.15) is 11.1 Å². The highest BCUT2D eigenvalue weighted by Crippen LogP contribution is 2.21. The van der Waals surface area contributed by atoms with Crippen LogP contribution in [0.3, 0.4) is 0 Å². The summed E-state index contributed by atoms with van der Waals surface area (Å²) in [7, 11) is 5.54. The van der Waals surface area contributed by atoms with Gasteiger partial charge in [0.1, 0.15) is 19.0 Å². The second-order valence-electron chi connectivity index (χ2n) is 8.88. The largest absolute Gasteiger partial charge is 0.490 e. The lowest BCUT2D eigenvalue weighted by molar-refractivity contribution is 0.201. The lowest BCUT2D eigenvalue weighted by Gasteiger charge is -2.13. The summed E-state index contributed by atoms with van der Waals surface area (Å²) in [5.41, 5.74) is 1.30. The van der Waals surface area contributed by atoms with Gasteiger partial charge in [-0.05, 0) is 49.5 Å². The van der Waals surface area contributed by atoms with Crippen molar-refractivity contribution in [1.29, 1.82) is 0 Å². The van der Waals surface area contributed by atoms with E-state index in [4.69, 9.17) is 21.1 Å². The standard InChI is InChI=1S/C26H30ClN5O5.ClH/c1-29(2)16-19-5-4-6-21(15-19)36-13-14-37-25-28-23-22(24(34)31(11-12-33)26(35)30(23)3)32(25)17-18-7-9-20(27)10-8-18;/h4-10,15,33H,11-14,16-17H2,1-3H3;1H. The highest BCUT2D eigenvalue weighted by Gasteiger charge is 2.21. The highest BCUT2D eigenvalue weighted by atomic mass is 35.5. The van der Waals surface area contributed by atoms with E-state index in [0.29, 0.717) is 5.02 Å². The van der Waals surface area contributed by atoms with E-state index in [1.807, 2.05) is 50.5 Å². The molecule has 0 fully saturated rings. The second-order valence-corrected chi connectivity index (χ2v) is 9.32. The number of fused-ring (bicyclic) bond motifs is 1. The first-order valence-electron chi connectivity index (χ1n) is 11.8. The Hall–Kier alpha value is -3.31. The number of aromatic nitrogens is 4. The smallest absolute Gasteiger partial charge is 0.332 e. The van der Waals surface area contributed by atoms with Crippen LogP contribution in [0.15, 0.2) is 58.1 Å². The minimum absolute atomic E-state index is 0. The molecule has 4 aromatic rings. The fourth-order valence-electron chi connectivity index (χ4n) is 4.07. The van der Waals surface area contributed by atoms with Crippen molar-refractivity contribution in [2.75, 3.05) is 33.9 Å². The number of benzene rings is 2. The number of halogens is 2. The van der Waals surface area contributed by atoms with Crippen molar-refractivity contribution in [3.63, 3.8) is 0 Å². The molecule has 2 aromatic carbocycles. The van der Waals surface area contributed by atoms with Crippen molar-refractivity contribution in [1.82, 2.24) is 23.6 Å². The third-order valence-corrected chi connectivity index (χ3v) is 6.01. The zero-order chi connectivity index (χ0) is 26.5. The van der Waals surface area contributed by atoms with Crippen molar-refractivity contribution in [3.05, 3.63) is 85.5 Å². The van der Waals surface area contributed by atoms with E-state index in [0.717, 1.165) is 28.0 Å². The Morgan fingerprint density at radius 2 is 1.71 bits per heavy atom. The minimum Gasteiger partial charge on any atom is -0.490 e. The van der Waals surface area contributed by atoms with E-state index < -0.39 is 11.2 Å². The molecule has 0 radical (unpaired) electrons. The van der Waals surface area contributed by atoms with Gasteiger partial charge < -0.3 is 19.5 Å². The quantitative estimate of drug-likeness (QED) is 0.279. The van der Waals surface area contributed by atoms with E-state index in [1.165, 1.54) is 11.6 Å². The van der Waals surface area contributed by atoms with Crippen molar-refractivity contribution in [2.45, 2.75) is 19.6 Å². The molecule has 2 heterocycles. The predicted octanol–water partition coefficient (Wildman–Crippen LogP) is 2.53. The number of hydrogen-bond donors (Lipinski definition) is 1. The maximum atomic E-state index is 13.3. The molecule has 0 aliphatic rings. The average molecular weight is 564 g/mol. The number of hydrogen-bond acceptors (Lipinski definition) is 7. The molecule has 4 rings (SSSR count). The average Bonchev–Trinajstić information content (AvgIpc) is 3.22. The van der Waals surface area contributed by atoms with Crippen LogP contribution in [0.2, 0.25) is 5.02 Å². The summed E-state index contributed by atoms with van der Waals surface area (Å²) in [5.74, 6) is 0.729. The minimum atomic E-state index is -0.560. The first kappa shape index (κ1) is 29.2. The van der Waals surface area contributed by atoms with Gasteiger partial charge in [-0.15, -0.1) is 12.4 Å². The number of rotatable bonds is 11. The number of aryl methyl sites for hydroxylation is 1. The number of ether oxygens (including phenoxy) is 2. The van der Waals surface area contributed by atoms with Crippen LogP contribution in [-0.4, -0.2) is 62.6 Å². The summed E-state index contributed by atoms with van der Waals surface area (Å²) in [6.45, 7) is 1.02. The molecular weight excluding hydrogens is 533 g/mol. The zero-order valence-electron chi connectivity index (χ0n) is 21.5. The van der Waals surface area contributed by atoms with Gasteiger partial charge in [0.25, 0.3) is 11.6 Å². The molecule has 12 heteroatoms. The Balaban J connectivity index is 0.00000400. The monoisotopic (exact) mass is 563 g/mol. The molecule has 0 saturated heterocycles. The van der Waals surface area contributed by atoms with E-state index in [1.54, 1.807) is 16.7 Å². The molecule has 0 spiro atoms. The van der Waals surface area contributed by atoms with Crippen LogP contribution in [0, 0.1) is 0 Å². The summed E-state index contributed by atoms with van der Waals surface area (Å²) in [5, 5.41) is 9.97. The fourth-order valence-corrected chi connectivity index (χ4v) is 4.20. The summed E-state index contributed by atoms with van der Waals surface area (Å²) in [6.07, 6.45) is 0. The zero-order valence-corrected chi connectivity index (χ0v) is 23.0. The molecule has 0 amide bonds. The van der Waals surface area contributed by atoms with Crippen molar-refractivity contribution >= 4 is 35.2 Å². The van der Waals surface area contributed by atoms with Crippen molar-refractivity contribution in [3.8, 4) is 11.8 Å². The van der Waals surface area contributed by atoms with Gasteiger partial charge in [0.2, 0.25) is 0 Å². The van der Waals surface area contributed by atoms with Gasteiger partial charge in [-0.3, -0.25) is 18.5 Å². The van der Waals surface area contributed by atoms with Crippen molar-refractivity contribution in [2.24, 2.45) is 7.05 Å². The van der Waals surface area contributed by atoms with Crippen LogP contribution >= 0.6 is 24.0 Å². The second kappa shape index (κ2) is 13.0. The molecule has 38 heavy (non-hydrogen) atoms. The molecule has 0 aliphatic carbocycles. The normalized spacial score (nSPS) is 11.1. The van der Waals surface area contributed by atoms with Crippen LogP contribution in [-0.2, 0) is 26.7 Å². The maximum Gasteiger partial charge on any atom is 0.332 e. The summed E-state index contributed by atoms with van der Waals surface area (Å²) in [6, 6.07) is 15.2. The lowest BCUT2D eigenvalue weighted by atomic mass is 10.2. The van der Waals surface area contributed by atoms with Gasteiger partial charge in [0, 0.05) is 18.6 Å². The van der Waals surface area contributed by atoms with E-state index in [2.05, 4.69) is 9.88 Å². The van der Waals surface area contributed by atoms with Crippen LogP contribution in [0.4, 0.5) is 0 Å². The lowest BCUT2D eigenvalue weighted by Crippen LogP contribution is -2.40. The van der Waals surface area contributed by atoms with Gasteiger partial charge in [-0.25, -0.2) is 4.79 Å². The molecule has 10 nitrogen and oxygen atoms in total. The topological polar surface area (TPSA) is 104 Å². The number of nitrogens with zero attached hydrogens (tertiary/aromatic N) is 5. The van der Waals surface area contributed by atoms with Gasteiger partial charge in [-0.2, -0.15) is 4.98 Å². The first-order chi connectivity index (χ1) is 17.8. The summed E-state index contributed by atoms with van der Waals surface area (Å²) in [4.78, 5) is 32.5. The molecule has 0 saturated carbocycles. The molecular formula is C26H31Cl2N5O5. The Bertz CT molecular complexity index is 1500. The Labute approximate surface area is 231 Å². The molecule has 0 bridgehead atoms. The van der Waals surface area contributed by atoms with Gasteiger partial charge >= 0.3 is 5.69 Å². The summed E-state index contributed by atoms with van der Waals surface area (Å²) >= 11 is 6.03. The third-order valence-electron chi connectivity index (χ3n) is 5.76. The molecule has 0 aliphatic heterocycles. The first-order valence-corrected chi connectivity index (χ1v) is 12.2. The summed E-state index contributed by atoms with van der Waals surface area (Å²) < 4.78 is 15.7. The molecule has 0 unspecified atom stereocenters. The molecule has 2 aromatic heterocycles. The van der Waals surface area contributed by atoms with Crippen LogP contribution in [0.5, 0.6) is 11.8 Å². The Morgan fingerprint density at radius 1 is 1.00 bits per heavy atom. The van der Waals surface area contributed by atoms with Gasteiger partial charge in [-0.1, -0.05) is 35.9 Å². The number of imidazole rings is 1. The predicted molar refractivity (Wildman–Crippen MR) is 149 cm³/mol. The van der Waals surface area contributed by atoms with E-state index >= 15 is 0 Å². The number of aliphatic hydroxyl groups excluding tert-OH is 1. The Morgan fingerprint density at radius 3 is 2.39 bits per heavy atom. The fraction of sp³-hybridized carbons (Fsp3) is 0.346. The van der Waals surface area contributed by atoms with Crippen LogP contribution in [0.25, 0.3) is 11.2 Å². The van der Waals surface area contributed by atoms with E-state index in [-0.39, 0.29) is 62.5 Å². The third kappa shape index (κ3) is 6.57. The number of aliphatic hydroxyl groups is 1. The van der Waals surface area contributed by atoms with Gasteiger partial charge in [0.15, 0.2) is 11.2 Å². The Kier molecular flexibility index (Phi) is 9.98. The van der Waals surface area contributed by atoms with E-state index in [9.17, 15) is 14.7 Å². The molecule has 1 N–H and O–H groups in total. The highest BCUT2D eigenvalue weighted by molar-refractivity contribution is 6.30. The van der Waals surface area contributed by atoms with Gasteiger partial charge in [0.05, 0.1) is 19.7 Å². The van der Waals surface area contributed by atoms with Crippen molar-refractivity contribution < 1.29 is 14.6 Å². The molecule has 204 valence electrons. The molecule has 0 atom stereocenters. The van der Waals surface area contributed by atoms with Crippen LogP contribution < -0.4 is 20.7 Å². The maximum absolute atomic E-state index is 13.3.